The Morgan fingerprint density at radius 2 is 2.00 bits per heavy atom. The minimum Gasteiger partial charge on any atom is -0.420 e. The molecule has 0 saturated carbocycles. The number of halogens is 1. The molecule has 0 aliphatic rings. The molecule has 1 heterocycles. The highest BCUT2D eigenvalue weighted by Gasteiger charge is 2.26. The van der Waals surface area contributed by atoms with E-state index in [2.05, 4.69) is 5.10 Å². The third kappa shape index (κ3) is 3.21. The first kappa shape index (κ1) is 16.6. The number of Topliss-reactive ketones (excluding diaryl/α,β-unsaturated/α-hetero) is 1. The molecule has 9 heteroatoms. The maximum Gasteiger partial charge on any atom is 0.385 e. The van der Waals surface area contributed by atoms with Gasteiger partial charge in [0.1, 0.15) is 10.8 Å². The van der Waals surface area contributed by atoms with Crippen molar-refractivity contribution < 1.29 is 19.2 Å². The van der Waals surface area contributed by atoms with Crippen molar-refractivity contribution in [2.45, 2.75) is 13.8 Å². The molecule has 0 aliphatic heterocycles. The number of aryl methyl sites for hydroxylation is 2. The summed E-state index contributed by atoms with van der Waals surface area (Å²) in [6.45, 7) is 3.26. The van der Waals surface area contributed by atoms with E-state index in [4.69, 9.17) is 16.3 Å². The summed E-state index contributed by atoms with van der Waals surface area (Å²) in [4.78, 5) is 34.2. The summed E-state index contributed by atoms with van der Waals surface area (Å²) >= 11 is 5.73. The Morgan fingerprint density at radius 1 is 1.35 bits per heavy atom. The van der Waals surface area contributed by atoms with Crippen molar-refractivity contribution in [1.82, 2.24) is 9.78 Å². The number of nitro groups is 1. The van der Waals surface area contributed by atoms with Gasteiger partial charge in [0, 0.05) is 24.9 Å². The molecule has 0 spiro atoms. The van der Waals surface area contributed by atoms with Gasteiger partial charge in [-0.15, -0.1) is 0 Å². The van der Waals surface area contributed by atoms with Gasteiger partial charge in [0.2, 0.25) is 0 Å². The monoisotopic (exact) mass is 337 g/mol. The summed E-state index contributed by atoms with van der Waals surface area (Å²) in [5.41, 5.74) is 0.794. The number of nitrogens with zero attached hydrogens (tertiary/aromatic N) is 3. The van der Waals surface area contributed by atoms with Crippen molar-refractivity contribution in [2.75, 3.05) is 0 Å². The lowest BCUT2D eigenvalue weighted by Gasteiger charge is -2.04. The lowest BCUT2D eigenvalue weighted by atomic mass is 10.1. The Bertz CT molecular complexity index is 828. The molecule has 1 aromatic heterocycles. The molecular weight excluding hydrogens is 326 g/mol. The largest absolute Gasteiger partial charge is 0.420 e. The predicted molar refractivity (Wildman–Crippen MR) is 80.8 cm³/mol. The molecular formula is C14H12ClN3O5. The van der Waals surface area contributed by atoms with Crippen LogP contribution in [0.5, 0.6) is 5.75 Å². The molecule has 8 nitrogen and oxygen atoms in total. The highest BCUT2D eigenvalue weighted by molar-refractivity contribution is 6.41. The molecule has 0 fully saturated rings. The molecule has 0 unspecified atom stereocenters. The number of ketones is 1. The molecule has 0 radical (unpaired) electrons. The van der Waals surface area contributed by atoms with Gasteiger partial charge in [-0.25, -0.2) is 4.79 Å². The Hall–Kier alpha value is -2.74. The molecule has 1 aromatic carbocycles. The number of ether oxygens (including phenoxy) is 1. The van der Waals surface area contributed by atoms with Crippen molar-refractivity contribution in [2.24, 2.45) is 7.05 Å². The molecule has 120 valence electrons. The van der Waals surface area contributed by atoms with Crippen molar-refractivity contribution in [3.05, 3.63) is 50.3 Å². The zero-order valence-electron chi connectivity index (χ0n) is 12.5. The molecule has 2 aromatic rings. The van der Waals surface area contributed by atoms with E-state index in [1.807, 2.05) is 0 Å². The van der Waals surface area contributed by atoms with Crippen LogP contribution in [-0.4, -0.2) is 26.5 Å². The second-order valence-corrected chi connectivity index (χ2v) is 5.17. The molecule has 0 atom stereocenters. The van der Waals surface area contributed by atoms with E-state index in [0.29, 0.717) is 11.4 Å². The van der Waals surface area contributed by atoms with Crippen LogP contribution < -0.4 is 4.74 Å². The number of carbonyl (C=O) groups excluding carboxylic acids is 2. The second kappa shape index (κ2) is 6.17. The first-order valence-corrected chi connectivity index (χ1v) is 6.80. The first-order chi connectivity index (χ1) is 10.7. The van der Waals surface area contributed by atoms with E-state index < -0.39 is 16.7 Å². The van der Waals surface area contributed by atoms with E-state index in [1.165, 1.54) is 10.7 Å². The normalized spacial score (nSPS) is 10.4. The SMILES string of the molecule is Cc1nn(C)c(C)c1C(=O)C(=O)Oc1ccc([N+](=O)[O-])c(Cl)c1. The van der Waals surface area contributed by atoms with E-state index in [1.54, 1.807) is 20.9 Å². The maximum atomic E-state index is 12.2. The minimum atomic E-state index is -1.12. The number of aromatic nitrogens is 2. The second-order valence-electron chi connectivity index (χ2n) is 4.76. The van der Waals surface area contributed by atoms with Gasteiger partial charge >= 0.3 is 5.97 Å². The van der Waals surface area contributed by atoms with Crippen LogP contribution in [0.2, 0.25) is 5.02 Å². The smallest absolute Gasteiger partial charge is 0.385 e. The van der Waals surface area contributed by atoms with Gasteiger partial charge in [-0.3, -0.25) is 19.6 Å². The predicted octanol–water partition coefficient (Wildman–Crippen LogP) is 2.39. The van der Waals surface area contributed by atoms with Crippen molar-refractivity contribution >= 4 is 29.0 Å². The van der Waals surface area contributed by atoms with Crippen LogP contribution in [0.25, 0.3) is 0 Å². The third-order valence-electron chi connectivity index (χ3n) is 3.25. The van der Waals surface area contributed by atoms with Crippen LogP contribution in [0.4, 0.5) is 5.69 Å². The summed E-state index contributed by atoms with van der Waals surface area (Å²) in [5.74, 6) is -2.02. The van der Waals surface area contributed by atoms with Crippen molar-refractivity contribution in [3.63, 3.8) is 0 Å². The van der Waals surface area contributed by atoms with Crippen LogP contribution >= 0.6 is 11.6 Å². The van der Waals surface area contributed by atoms with Gasteiger partial charge in [-0.1, -0.05) is 11.6 Å². The highest BCUT2D eigenvalue weighted by atomic mass is 35.5. The average Bonchev–Trinajstić information content (AvgIpc) is 2.71. The number of carbonyl (C=O) groups is 2. The Morgan fingerprint density at radius 3 is 2.48 bits per heavy atom. The molecule has 0 bridgehead atoms. The van der Waals surface area contributed by atoms with Gasteiger partial charge < -0.3 is 4.74 Å². The molecule has 2 rings (SSSR count). The number of rotatable bonds is 4. The molecule has 0 saturated heterocycles. The molecule has 0 N–H and O–H groups in total. The zero-order chi connectivity index (χ0) is 17.3. The number of hydrogen-bond donors (Lipinski definition) is 0. The van der Waals surface area contributed by atoms with Crippen LogP contribution in [0.1, 0.15) is 21.7 Å². The van der Waals surface area contributed by atoms with Crippen molar-refractivity contribution in [1.29, 1.82) is 0 Å². The number of benzene rings is 1. The van der Waals surface area contributed by atoms with Crippen molar-refractivity contribution in [3.8, 4) is 5.75 Å². The first-order valence-electron chi connectivity index (χ1n) is 6.43. The fraction of sp³-hybridized carbons (Fsp3) is 0.214. The highest BCUT2D eigenvalue weighted by Crippen LogP contribution is 2.28. The van der Waals surface area contributed by atoms with Crippen LogP contribution in [0, 0.1) is 24.0 Å². The average molecular weight is 338 g/mol. The van der Waals surface area contributed by atoms with Crippen LogP contribution in [0.15, 0.2) is 18.2 Å². The fourth-order valence-corrected chi connectivity index (χ4v) is 2.30. The summed E-state index contributed by atoms with van der Waals surface area (Å²) in [7, 11) is 1.65. The van der Waals surface area contributed by atoms with Gasteiger partial charge in [-0.2, -0.15) is 5.10 Å². The van der Waals surface area contributed by atoms with E-state index in [9.17, 15) is 19.7 Å². The van der Waals surface area contributed by atoms with Gasteiger partial charge in [0.15, 0.2) is 0 Å². The number of esters is 1. The van der Waals surface area contributed by atoms with Crippen LogP contribution in [-0.2, 0) is 11.8 Å². The van der Waals surface area contributed by atoms with E-state index in [0.717, 1.165) is 12.1 Å². The molecule has 0 aliphatic carbocycles. The Kier molecular flexibility index (Phi) is 4.46. The van der Waals surface area contributed by atoms with E-state index >= 15 is 0 Å². The van der Waals surface area contributed by atoms with Gasteiger partial charge in [0.25, 0.3) is 11.5 Å². The minimum absolute atomic E-state index is 0.0573. The topological polar surface area (TPSA) is 104 Å². The van der Waals surface area contributed by atoms with Crippen LogP contribution in [0.3, 0.4) is 0 Å². The number of hydrogen-bond acceptors (Lipinski definition) is 6. The molecule has 0 amide bonds. The summed E-state index contributed by atoms with van der Waals surface area (Å²) in [5, 5.41) is 14.5. The quantitative estimate of drug-likeness (QED) is 0.212. The Balaban J connectivity index is 2.24. The molecule has 23 heavy (non-hydrogen) atoms. The summed E-state index contributed by atoms with van der Waals surface area (Å²) in [6, 6.07) is 3.39. The van der Waals surface area contributed by atoms with E-state index in [-0.39, 0.29) is 22.0 Å². The summed E-state index contributed by atoms with van der Waals surface area (Å²) in [6.07, 6.45) is 0. The van der Waals surface area contributed by atoms with Gasteiger partial charge in [-0.05, 0) is 19.9 Å². The maximum absolute atomic E-state index is 12.2. The lowest BCUT2D eigenvalue weighted by Crippen LogP contribution is -2.21. The third-order valence-corrected chi connectivity index (χ3v) is 3.55. The zero-order valence-corrected chi connectivity index (χ0v) is 13.2. The fourth-order valence-electron chi connectivity index (χ4n) is 2.06. The summed E-state index contributed by atoms with van der Waals surface area (Å²) < 4.78 is 6.42. The van der Waals surface area contributed by atoms with Gasteiger partial charge in [0.05, 0.1) is 16.2 Å². The Labute approximate surface area is 135 Å². The standard InChI is InChI=1S/C14H12ClN3O5/c1-7-12(8(2)17(3)16-7)13(19)14(20)23-9-4-5-11(18(21)22)10(15)6-9/h4-6H,1-3H3. The lowest BCUT2D eigenvalue weighted by molar-refractivity contribution is -0.384. The number of nitro benzene ring substituents is 1.